The van der Waals surface area contributed by atoms with Gasteiger partial charge in [-0.25, -0.2) is 4.79 Å². The molecule has 100 valence electrons. The number of carboxylic acids is 1. The van der Waals surface area contributed by atoms with Crippen molar-refractivity contribution in [2.45, 2.75) is 19.3 Å². The summed E-state index contributed by atoms with van der Waals surface area (Å²) in [4.78, 5) is 24.9. The molecule has 0 bridgehead atoms. The molecular formula is C13H13NO4S. The van der Waals surface area contributed by atoms with Crippen molar-refractivity contribution in [3.05, 3.63) is 34.9 Å². The average molecular weight is 279 g/mol. The number of hydrogen-bond acceptors (Lipinski definition) is 4. The van der Waals surface area contributed by atoms with Gasteiger partial charge in [-0.15, -0.1) is 11.8 Å². The zero-order chi connectivity index (χ0) is 13.4. The molecule has 1 aromatic rings. The summed E-state index contributed by atoms with van der Waals surface area (Å²) in [6.45, 7) is 1.11. The average Bonchev–Trinajstić information content (AvgIpc) is 3.05. The molecule has 19 heavy (non-hydrogen) atoms. The second kappa shape index (κ2) is 4.86. The predicted octanol–water partition coefficient (Wildman–Crippen LogP) is 1.32. The minimum atomic E-state index is -0.942. The molecule has 1 saturated heterocycles. The van der Waals surface area contributed by atoms with Gasteiger partial charge in [0.1, 0.15) is 6.04 Å². The Hall–Kier alpha value is -1.53. The molecule has 3 rings (SSSR count). The summed E-state index contributed by atoms with van der Waals surface area (Å²) in [5.41, 5.74) is 2.66. The number of fused-ring (bicyclic) bond motifs is 1. The molecule has 0 radical (unpaired) electrons. The van der Waals surface area contributed by atoms with Crippen molar-refractivity contribution in [2.75, 3.05) is 11.6 Å². The molecule has 5 nitrogen and oxygen atoms in total. The number of ether oxygens (including phenoxy) is 1. The fraction of sp³-hybridized carbons (Fsp3) is 0.385. The highest BCUT2D eigenvalue weighted by Gasteiger charge is 2.35. The second-order valence-electron chi connectivity index (χ2n) is 4.61. The van der Waals surface area contributed by atoms with Crippen LogP contribution in [0.3, 0.4) is 0 Å². The summed E-state index contributed by atoms with van der Waals surface area (Å²) in [6.07, 6.45) is 0. The molecule has 2 aliphatic heterocycles. The Morgan fingerprint density at radius 3 is 2.89 bits per heavy atom. The van der Waals surface area contributed by atoms with Crippen molar-refractivity contribution in [1.82, 2.24) is 4.90 Å². The third-order valence-electron chi connectivity index (χ3n) is 3.40. The lowest BCUT2D eigenvalue weighted by atomic mass is 10.1. The molecule has 1 fully saturated rings. The maximum Gasteiger partial charge on any atom is 0.327 e. The Labute approximate surface area is 114 Å². The summed E-state index contributed by atoms with van der Waals surface area (Å²) < 4.78 is 5.31. The largest absolute Gasteiger partial charge is 0.480 e. The lowest BCUT2D eigenvalue weighted by molar-refractivity contribution is -0.140. The number of carboxylic acid groups (broad SMARTS) is 1. The van der Waals surface area contributed by atoms with Crippen LogP contribution in [0.5, 0.6) is 0 Å². The molecule has 0 spiro atoms. The van der Waals surface area contributed by atoms with Crippen LogP contribution in [-0.4, -0.2) is 39.6 Å². The number of hydrogen-bond donors (Lipinski definition) is 1. The maximum atomic E-state index is 12.4. The van der Waals surface area contributed by atoms with E-state index >= 15 is 0 Å². The van der Waals surface area contributed by atoms with Crippen molar-refractivity contribution < 1.29 is 19.4 Å². The van der Waals surface area contributed by atoms with Crippen molar-refractivity contribution in [2.24, 2.45) is 0 Å². The van der Waals surface area contributed by atoms with Gasteiger partial charge in [0.2, 0.25) is 0 Å². The van der Waals surface area contributed by atoms with E-state index in [4.69, 9.17) is 9.84 Å². The zero-order valence-electron chi connectivity index (χ0n) is 10.2. The van der Waals surface area contributed by atoms with E-state index in [1.54, 1.807) is 6.07 Å². The molecule has 2 heterocycles. The van der Waals surface area contributed by atoms with Gasteiger partial charge in [0.25, 0.3) is 5.91 Å². The minimum Gasteiger partial charge on any atom is -0.480 e. The number of amides is 1. The lowest BCUT2D eigenvalue weighted by Gasteiger charge is -2.20. The first-order valence-electron chi connectivity index (χ1n) is 5.98. The van der Waals surface area contributed by atoms with E-state index in [0.717, 1.165) is 11.1 Å². The SMILES string of the molecule is O=C(O)C1CSCN1C(=O)c1ccc2c(c1)COC2. The number of carbonyl (C=O) groups is 2. The van der Waals surface area contributed by atoms with Crippen LogP contribution in [0.2, 0.25) is 0 Å². The summed E-state index contributed by atoms with van der Waals surface area (Å²) >= 11 is 1.47. The molecule has 0 aromatic heterocycles. The summed E-state index contributed by atoms with van der Waals surface area (Å²) in [5.74, 6) is -0.270. The third kappa shape index (κ3) is 2.21. The smallest absolute Gasteiger partial charge is 0.327 e. The van der Waals surface area contributed by atoms with E-state index in [-0.39, 0.29) is 5.91 Å². The van der Waals surface area contributed by atoms with Crippen molar-refractivity contribution in [1.29, 1.82) is 0 Å². The van der Waals surface area contributed by atoms with Crippen LogP contribution in [0.1, 0.15) is 21.5 Å². The van der Waals surface area contributed by atoms with Gasteiger partial charge in [0, 0.05) is 11.3 Å². The van der Waals surface area contributed by atoms with Gasteiger partial charge in [0.05, 0.1) is 19.1 Å². The number of nitrogens with zero attached hydrogens (tertiary/aromatic N) is 1. The van der Waals surface area contributed by atoms with Crippen LogP contribution in [0.15, 0.2) is 18.2 Å². The minimum absolute atomic E-state index is 0.216. The number of benzene rings is 1. The third-order valence-corrected chi connectivity index (χ3v) is 4.41. The van der Waals surface area contributed by atoms with Crippen molar-refractivity contribution in [3.63, 3.8) is 0 Å². The van der Waals surface area contributed by atoms with Crippen LogP contribution in [0, 0.1) is 0 Å². The van der Waals surface area contributed by atoms with E-state index in [2.05, 4.69) is 0 Å². The van der Waals surface area contributed by atoms with E-state index in [0.29, 0.717) is 30.4 Å². The van der Waals surface area contributed by atoms with Gasteiger partial charge in [0.15, 0.2) is 0 Å². The normalized spacial score (nSPS) is 21.5. The fourth-order valence-electron chi connectivity index (χ4n) is 2.32. The quantitative estimate of drug-likeness (QED) is 0.884. The van der Waals surface area contributed by atoms with Gasteiger partial charge in [-0.1, -0.05) is 6.07 Å². The van der Waals surface area contributed by atoms with Crippen LogP contribution in [0.4, 0.5) is 0 Å². The Bertz CT molecular complexity index is 545. The lowest BCUT2D eigenvalue weighted by Crippen LogP contribution is -2.41. The maximum absolute atomic E-state index is 12.4. The van der Waals surface area contributed by atoms with Crippen LogP contribution in [0.25, 0.3) is 0 Å². The van der Waals surface area contributed by atoms with Crippen LogP contribution in [-0.2, 0) is 22.7 Å². The molecule has 1 N–H and O–H groups in total. The van der Waals surface area contributed by atoms with E-state index in [1.165, 1.54) is 16.7 Å². The van der Waals surface area contributed by atoms with Gasteiger partial charge in [-0.3, -0.25) is 4.79 Å². The Morgan fingerprint density at radius 2 is 2.11 bits per heavy atom. The second-order valence-corrected chi connectivity index (χ2v) is 5.60. The highest BCUT2D eigenvalue weighted by molar-refractivity contribution is 7.99. The fourth-order valence-corrected chi connectivity index (χ4v) is 3.46. The summed E-state index contributed by atoms with van der Waals surface area (Å²) in [5, 5.41) is 9.11. The molecule has 0 aliphatic carbocycles. The zero-order valence-corrected chi connectivity index (χ0v) is 11.0. The highest BCUT2D eigenvalue weighted by atomic mass is 32.2. The van der Waals surface area contributed by atoms with E-state index in [9.17, 15) is 9.59 Å². The molecule has 0 saturated carbocycles. The van der Waals surface area contributed by atoms with E-state index < -0.39 is 12.0 Å². The Kier molecular flexibility index (Phi) is 3.20. The van der Waals surface area contributed by atoms with E-state index in [1.807, 2.05) is 12.1 Å². The number of thioether (sulfide) groups is 1. The predicted molar refractivity (Wildman–Crippen MR) is 69.9 cm³/mol. The molecular weight excluding hydrogens is 266 g/mol. The first-order valence-corrected chi connectivity index (χ1v) is 7.13. The first kappa shape index (κ1) is 12.5. The highest BCUT2D eigenvalue weighted by Crippen LogP contribution is 2.26. The summed E-state index contributed by atoms with van der Waals surface area (Å²) in [7, 11) is 0. The Morgan fingerprint density at radius 1 is 1.32 bits per heavy atom. The molecule has 1 aromatic carbocycles. The molecule has 6 heteroatoms. The van der Waals surface area contributed by atoms with Gasteiger partial charge in [-0.05, 0) is 23.3 Å². The van der Waals surface area contributed by atoms with Crippen LogP contribution >= 0.6 is 11.8 Å². The van der Waals surface area contributed by atoms with Gasteiger partial charge >= 0.3 is 5.97 Å². The first-order chi connectivity index (χ1) is 9.16. The summed E-state index contributed by atoms with van der Waals surface area (Å²) in [6, 6.07) is 4.72. The standard InChI is InChI=1S/C13H13NO4S/c15-12(14-7-19-6-11(14)13(16)17)8-1-2-9-4-18-5-10(9)3-8/h1-3,11H,4-7H2,(H,16,17). The number of rotatable bonds is 2. The Balaban J connectivity index is 1.85. The topological polar surface area (TPSA) is 66.8 Å². The van der Waals surface area contributed by atoms with Crippen molar-refractivity contribution >= 4 is 23.6 Å². The van der Waals surface area contributed by atoms with Crippen LogP contribution < -0.4 is 0 Å². The van der Waals surface area contributed by atoms with Gasteiger partial charge in [-0.2, -0.15) is 0 Å². The van der Waals surface area contributed by atoms with Gasteiger partial charge < -0.3 is 14.7 Å². The number of aliphatic carboxylic acids is 1. The number of carbonyl (C=O) groups excluding carboxylic acids is 1. The molecule has 1 amide bonds. The molecule has 1 atom stereocenters. The monoisotopic (exact) mass is 279 g/mol. The van der Waals surface area contributed by atoms with Crippen molar-refractivity contribution in [3.8, 4) is 0 Å². The molecule has 2 aliphatic rings. The molecule has 1 unspecified atom stereocenters.